The number of nitrogens with one attached hydrogen (secondary N) is 2. The first kappa shape index (κ1) is 21.4. The van der Waals surface area contributed by atoms with E-state index in [-0.39, 0.29) is 29.6 Å². The number of nitrogens with zero attached hydrogens (tertiary/aromatic N) is 3. The van der Waals surface area contributed by atoms with Crippen LogP contribution in [0, 0.1) is 5.92 Å². The quantitative estimate of drug-likeness (QED) is 0.318. The average molecular weight is 432 g/mol. The Kier molecular flexibility index (Phi) is 6.03. The van der Waals surface area contributed by atoms with Gasteiger partial charge in [0, 0.05) is 26.5 Å². The third kappa shape index (κ3) is 4.63. The molecular formula is C14H21N6O8P. The van der Waals surface area contributed by atoms with Crippen LogP contribution < -0.4 is 16.6 Å². The summed E-state index contributed by atoms with van der Waals surface area (Å²) in [5.41, 5.74) is 5.26. The topological polar surface area (TPSA) is 204 Å². The van der Waals surface area contributed by atoms with Crippen molar-refractivity contribution in [3.05, 3.63) is 16.7 Å². The molecule has 3 rings (SSSR count). The van der Waals surface area contributed by atoms with Crippen LogP contribution >= 0.6 is 7.82 Å². The highest BCUT2D eigenvalue weighted by atomic mass is 31.2. The van der Waals surface area contributed by atoms with Crippen LogP contribution in [0.2, 0.25) is 0 Å². The molecule has 0 radical (unpaired) electrons. The monoisotopic (exact) mass is 432 g/mol. The Bertz CT molecular complexity index is 1000. The van der Waals surface area contributed by atoms with Crippen LogP contribution in [0.1, 0.15) is 13.2 Å². The number of fused-ring (bicyclic) bond motifs is 1. The molecule has 0 aliphatic carbocycles. The zero-order chi connectivity index (χ0) is 21.3. The number of nitrogen functional groups attached to an aromatic ring is 1. The van der Waals surface area contributed by atoms with Gasteiger partial charge in [-0.1, -0.05) is 0 Å². The standard InChI is InChI=1S/C14H21N6O8P/c1-6(21)16-3-7-8(4-27-29(23,24)25)28-13(10(7)26-2)20-5-17-9-11(20)18-14(15)19-12(9)22/h5,7-8,10,13H,3-4H2,1-2H3,(H,16,21)(H2,23,24,25)(H3,15,18,19,22)/t7-,8-,10-,13-/m1/s1. The van der Waals surface area contributed by atoms with Gasteiger partial charge in [-0.15, -0.1) is 0 Å². The molecule has 14 nitrogen and oxygen atoms in total. The Morgan fingerprint density at radius 3 is 2.86 bits per heavy atom. The summed E-state index contributed by atoms with van der Waals surface area (Å²) in [4.78, 5) is 51.8. The van der Waals surface area contributed by atoms with Gasteiger partial charge in [0.15, 0.2) is 17.4 Å². The fourth-order valence-corrected chi connectivity index (χ4v) is 3.61. The Hall–Kier alpha value is -2.35. The van der Waals surface area contributed by atoms with Gasteiger partial charge in [0.2, 0.25) is 11.9 Å². The van der Waals surface area contributed by atoms with E-state index in [0.29, 0.717) is 0 Å². The molecule has 0 saturated carbocycles. The second kappa shape index (κ2) is 8.18. The van der Waals surface area contributed by atoms with E-state index in [4.69, 9.17) is 25.0 Å². The van der Waals surface area contributed by atoms with E-state index in [9.17, 15) is 14.2 Å². The summed E-state index contributed by atoms with van der Waals surface area (Å²) in [6.45, 7) is 0.981. The molecule has 4 atom stereocenters. The van der Waals surface area contributed by atoms with Crippen LogP contribution in [0.15, 0.2) is 11.1 Å². The number of anilines is 1. The van der Waals surface area contributed by atoms with Crippen LogP contribution in [0.5, 0.6) is 0 Å². The number of nitrogens with two attached hydrogens (primary N) is 1. The molecule has 15 heteroatoms. The van der Waals surface area contributed by atoms with Crippen molar-refractivity contribution in [3.8, 4) is 0 Å². The van der Waals surface area contributed by atoms with Gasteiger partial charge in [-0.3, -0.25) is 23.7 Å². The van der Waals surface area contributed by atoms with E-state index in [0.717, 1.165) is 0 Å². The predicted octanol–water partition coefficient (Wildman–Crippen LogP) is -1.52. The molecule has 1 saturated heterocycles. The minimum absolute atomic E-state index is 0.0333. The summed E-state index contributed by atoms with van der Waals surface area (Å²) in [6.07, 6.45) is -1.08. The number of amides is 1. The van der Waals surface area contributed by atoms with Gasteiger partial charge >= 0.3 is 7.82 Å². The fraction of sp³-hybridized carbons (Fsp3) is 0.571. The summed E-state index contributed by atoms with van der Waals surface area (Å²) in [6, 6.07) is 0. The maximum Gasteiger partial charge on any atom is 0.469 e. The lowest BCUT2D eigenvalue weighted by molar-refractivity contribution is -0.119. The van der Waals surface area contributed by atoms with E-state index < -0.39 is 44.3 Å². The van der Waals surface area contributed by atoms with Crippen LogP contribution in [0.4, 0.5) is 5.95 Å². The number of hydrogen-bond acceptors (Lipinski definition) is 9. The van der Waals surface area contributed by atoms with Crippen LogP contribution in [0.25, 0.3) is 11.2 Å². The number of rotatable bonds is 7. The number of carbonyl (C=O) groups is 1. The molecule has 29 heavy (non-hydrogen) atoms. The van der Waals surface area contributed by atoms with E-state index >= 15 is 0 Å². The number of carbonyl (C=O) groups excluding carboxylic acids is 1. The SMILES string of the molecule is CO[C@@H]1[C@H](CNC(C)=O)[C@@H](COP(=O)(O)O)O[C@H]1n1cnc2c(=O)[nH]c(N)nc21. The summed E-state index contributed by atoms with van der Waals surface area (Å²) in [5.74, 6) is -0.948. The predicted molar refractivity (Wildman–Crippen MR) is 97.4 cm³/mol. The summed E-state index contributed by atoms with van der Waals surface area (Å²) in [7, 11) is -3.33. The fourth-order valence-electron chi connectivity index (χ4n) is 3.27. The molecule has 1 amide bonds. The van der Waals surface area contributed by atoms with Crippen molar-refractivity contribution < 1.29 is 33.1 Å². The van der Waals surface area contributed by atoms with Gasteiger partial charge in [0.05, 0.1) is 19.0 Å². The molecule has 0 bridgehead atoms. The molecule has 1 aliphatic rings. The normalized spacial score (nSPS) is 24.8. The number of imidazole rings is 1. The molecule has 6 N–H and O–H groups in total. The first-order valence-corrected chi connectivity index (χ1v) is 9.99. The third-order valence-electron chi connectivity index (χ3n) is 4.49. The zero-order valence-electron chi connectivity index (χ0n) is 15.5. The highest BCUT2D eigenvalue weighted by Gasteiger charge is 2.47. The van der Waals surface area contributed by atoms with Crippen LogP contribution in [-0.4, -0.2) is 67.7 Å². The Morgan fingerprint density at radius 1 is 1.52 bits per heavy atom. The first-order chi connectivity index (χ1) is 13.6. The average Bonchev–Trinajstić information content (AvgIpc) is 3.18. The van der Waals surface area contributed by atoms with Crippen molar-refractivity contribution in [1.82, 2.24) is 24.8 Å². The summed E-state index contributed by atoms with van der Waals surface area (Å²) in [5, 5.41) is 2.64. The number of hydrogen-bond donors (Lipinski definition) is 5. The lowest BCUT2D eigenvalue weighted by Crippen LogP contribution is -2.39. The molecule has 0 unspecified atom stereocenters. The first-order valence-electron chi connectivity index (χ1n) is 8.46. The van der Waals surface area contributed by atoms with Gasteiger partial charge in [0.1, 0.15) is 6.10 Å². The number of ether oxygens (including phenoxy) is 2. The lowest BCUT2D eigenvalue weighted by atomic mass is 9.98. The molecule has 2 aromatic heterocycles. The van der Waals surface area contributed by atoms with Crippen molar-refractivity contribution in [3.63, 3.8) is 0 Å². The lowest BCUT2D eigenvalue weighted by Gasteiger charge is -2.23. The summed E-state index contributed by atoms with van der Waals surface area (Å²) < 4.78 is 28.6. The highest BCUT2D eigenvalue weighted by molar-refractivity contribution is 7.46. The zero-order valence-corrected chi connectivity index (χ0v) is 16.4. The Balaban J connectivity index is 1.96. The molecule has 160 valence electrons. The number of methoxy groups -OCH3 is 1. The largest absolute Gasteiger partial charge is 0.469 e. The molecular weight excluding hydrogens is 411 g/mol. The molecule has 1 fully saturated rings. The highest BCUT2D eigenvalue weighted by Crippen LogP contribution is 2.41. The maximum absolute atomic E-state index is 12.0. The number of aromatic nitrogens is 4. The van der Waals surface area contributed by atoms with E-state index in [1.807, 2.05) is 0 Å². The second-order valence-corrected chi connectivity index (χ2v) is 7.67. The minimum Gasteiger partial charge on any atom is -0.376 e. The molecule has 0 spiro atoms. The number of phosphoric ester groups is 1. The van der Waals surface area contributed by atoms with Crippen molar-refractivity contribution >= 4 is 30.8 Å². The second-order valence-electron chi connectivity index (χ2n) is 6.43. The smallest absolute Gasteiger partial charge is 0.376 e. The van der Waals surface area contributed by atoms with Gasteiger partial charge in [0.25, 0.3) is 5.56 Å². The Labute approximate surface area is 163 Å². The molecule has 1 aliphatic heterocycles. The van der Waals surface area contributed by atoms with Crippen LogP contribution in [0.3, 0.4) is 0 Å². The number of aromatic amines is 1. The van der Waals surface area contributed by atoms with Gasteiger partial charge < -0.3 is 30.3 Å². The molecule has 0 aromatic carbocycles. The van der Waals surface area contributed by atoms with Crippen molar-refractivity contribution in [1.29, 1.82) is 0 Å². The van der Waals surface area contributed by atoms with E-state index in [1.165, 1.54) is 24.9 Å². The number of phosphoric acid groups is 1. The minimum atomic E-state index is -4.74. The van der Waals surface area contributed by atoms with Gasteiger partial charge in [-0.25, -0.2) is 9.55 Å². The van der Waals surface area contributed by atoms with Crippen LogP contribution in [-0.2, 0) is 23.4 Å². The number of H-pyrrole nitrogens is 1. The maximum atomic E-state index is 12.0. The van der Waals surface area contributed by atoms with Crippen molar-refractivity contribution in [2.45, 2.75) is 25.4 Å². The molecule has 3 heterocycles. The van der Waals surface area contributed by atoms with E-state index in [1.54, 1.807) is 0 Å². The van der Waals surface area contributed by atoms with Crippen molar-refractivity contribution in [2.75, 3.05) is 26.0 Å². The molecule has 2 aromatic rings. The van der Waals surface area contributed by atoms with Gasteiger partial charge in [-0.05, 0) is 0 Å². The Morgan fingerprint density at radius 2 is 2.24 bits per heavy atom. The summed E-state index contributed by atoms with van der Waals surface area (Å²) >= 11 is 0. The van der Waals surface area contributed by atoms with E-state index in [2.05, 4.69) is 24.8 Å². The third-order valence-corrected chi connectivity index (χ3v) is 4.97. The van der Waals surface area contributed by atoms with Gasteiger partial charge in [-0.2, -0.15) is 4.98 Å². The van der Waals surface area contributed by atoms with Crippen molar-refractivity contribution in [2.24, 2.45) is 5.92 Å².